The van der Waals surface area contributed by atoms with Crippen LogP contribution in [-0.2, 0) is 19.4 Å². The van der Waals surface area contributed by atoms with Crippen LogP contribution in [0, 0.1) is 0 Å². The summed E-state index contributed by atoms with van der Waals surface area (Å²) in [6.07, 6.45) is 1.13. The first-order valence-electron chi connectivity index (χ1n) is 6.31. The highest BCUT2D eigenvalue weighted by Gasteiger charge is 2.22. The van der Waals surface area contributed by atoms with Crippen molar-refractivity contribution in [1.29, 1.82) is 0 Å². The zero-order valence-electron chi connectivity index (χ0n) is 12.8. The van der Waals surface area contributed by atoms with Crippen LogP contribution in [0.1, 0.15) is 27.2 Å². The summed E-state index contributed by atoms with van der Waals surface area (Å²) in [6.45, 7) is 5.41. The average Bonchev–Trinajstić information content (AvgIpc) is 2.20. The monoisotopic (exact) mass is 307 g/mol. The van der Waals surface area contributed by atoms with Crippen molar-refractivity contribution < 1.29 is 18.0 Å². The summed E-state index contributed by atoms with van der Waals surface area (Å²) >= 11 is 0. The van der Waals surface area contributed by atoms with Gasteiger partial charge in [-0.15, -0.1) is 0 Å². The number of carbonyl (C=O) groups is 2. The van der Waals surface area contributed by atoms with Gasteiger partial charge < -0.3 is 16.0 Å². The van der Waals surface area contributed by atoms with Crippen molar-refractivity contribution in [2.45, 2.75) is 38.8 Å². The Hall–Kier alpha value is -1.15. The van der Waals surface area contributed by atoms with E-state index in [2.05, 4.69) is 5.32 Å². The third kappa shape index (κ3) is 8.87. The number of nitrogens with two attached hydrogens (primary N) is 1. The van der Waals surface area contributed by atoms with Gasteiger partial charge in [0.1, 0.15) is 9.84 Å². The Labute approximate surface area is 120 Å². The summed E-state index contributed by atoms with van der Waals surface area (Å²) in [5.74, 6) is -0.886. The van der Waals surface area contributed by atoms with E-state index in [1.165, 1.54) is 11.9 Å². The van der Waals surface area contributed by atoms with E-state index in [0.29, 0.717) is 0 Å². The van der Waals surface area contributed by atoms with Crippen molar-refractivity contribution >= 4 is 21.7 Å². The van der Waals surface area contributed by atoms with E-state index >= 15 is 0 Å². The number of nitrogens with one attached hydrogen (secondary N) is 1. The third-order valence-corrected chi connectivity index (χ3v) is 3.37. The Bertz CT molecular complexity index is 454. The quantitative estimate of drug-likeness (QED) is 0.662. The van der Waals surface area contributed by atoms with Crippen LogP contribution in [0.2, 0.25) is 0 Å². The molecule has 20 heavy (non-hydrogen) atoms. The lowest BCUT2D eigenvalue weighted by Crippen LogP contribution is -2.49. The lowest BCUT2D eigenvalue weighted by atomic mass is 10.1. The van der Waals surface area contributed by atoms with Crippen LogP contribution < -0.4 is 11.1 Å². The molecule has 3 N–H and O–H groups in total. The van der Waals surface area contributed by atoms with E-state index in [1.54, 1.807) is 0 Å². The first-order chi connectivity index (χ1) is 8.82. The van der Waals surface area contributed by atoms with Gasteiger partial charge in [0.25, 0.3) is 0 Å². The molecule has 0 spiro atoms. The first-order valence-corrected chi connectivity index (χ1v) is 8.37. The number of hydrogen-bond donors (Lipinski definition) is 2. The second kappa shape index (κ2) is 7.03. The maximum Gasteiger partial charge on any atom is 0.240 e. The number of sulfone groups is 1. The molecular weight excluding hydrogens is 282 g/mol. The fourth-order valence-electron chi connectivity index (χ4n) is 1.50. The molecule has 0 saturated heterocycles. The molecule has 0 radical (unpaired) electrons. The average molecular weight is 307 g/mol. The van der Waals surface area contributed by atoms with E-state index in [1.807, 2.05) is 20.8 Å². The highest BCUT2D eigenvalue weighted by molar-refractivity contribution is 7.90. The number of nitrogens with zero attached hydrogens (tertiary/aromatic N) is 1. The molecule has 0 heterocycles. The fourth-order valence-corrected chi connectivity index (χ4v) is 2.18. The number of amides is 2. The van der Waals surface area contributed by atoms with Gasteiger partial charge in [-0.2, -0.15) is 0 Å². The number of hydrogen-bond acceptors (Lipinski definition) is 5. The maximum atomic E-state index is 11.9. The van der Waals surface area contributed by atoms with Crippen molar-refractivity contribution in [2.75, 3.05) is 25.6 Å². The molecule has 118 valence electrons. The molecule has 2 amide bonds. The molecular formula is C12H25N3O4S. The molecule has 0 aliphatic carbocycles. The van der Waals surface area contributed by atoms with Crippen LogP contribution in [-0.4, -0.2) is 62.3 Å². The van der Waals surface area contributed by atoms with Crippen molar-refractivity contribution in [3.63, 3.8) is 0 Å². The van der Waals surface area contributed by atoms with Gasteiger partial charge >= 0.3 is 0 Å². The number of likely N-dealkylation sites (N-methyl/N-ethyl adjacent to an activating group) is 1. The molecule has 1 atom stereocenters. The highest BCUT2D eigenvalue weighted by Crippen LogP contribution is 2.01. The van der Waals surface area contributed by atoms with Gasteiger partial charge in [0, 0.05) is 18.8 Å². The van der Waals surface area contributed by atoms with Crippen molar-refractivity contribution in [3.05, 3.63) is 0 Å². The zero-order valence-corrected chi connectivity index (χ0v) is 13.6. The summed E-state index contributed by atoms with van der Waals surface area (Å²) in [5.41, 5.74) is 5.27. The minimum Gasteiger partial charge on any atom is -0.350 e. The predicted molar refractivity (Wildman–Crippen MR) is 77.8 cm³/mol. The summed E-state index contributed by atoms with van der Waals surface area (Å²) in [6, 6.07) is -0.919. The van der Waals surface area contributed by atoms with Crippen LogP contribution in [0.3, 0.4) is 0 Å². The summed E-state index contributed by atoms with van der Waals surface area (Å²) in [5, 5.41) is 2.73. The van der Waals surface area contributed by atoms with Gasteiger partial charge in [0.15, 0.2) is 0 Å². The Morgan fingerprint density at radius 3 is 2.20 bits per heavy atom. The van der Waals surface area contributed by atoms with Crippen molar-refractivity contribution in [3.8, 4) is 0 Å². The van der Waals surface area contributed by atoms with Crippen LogP contribution in [0.25, 0.3) is 0 Å². The second-order valence-electron chi connectivity index (χ2n) is 6.02. The van der Waals surface area contributed by atoms with Crippen LogP contribution in [0.15, 0.2) is 0 Å². The lowest BCUT2D eigenvalue weighted by molar-refractivity contribution is -0.136. The van der Waals surface area contributed by atoms with E-state index in [4.69, 9.17) is 5.73 Å². The summed E-state index contributed by atoms with van der Waals surface area (Å²) in [7, 11) is -1.69. The highest BCUT2D eigenvalue weighted by atomic mass is 32.2. The predicted octanol–water partition coefficient (Wildman–Crippen LogP) is -0.878. The lowest BCUT2D eigenvalue weighted by Gasteiger charge is -2.24. The number of rotatable bonds is 6. The standard InChI is InChI=1S/C12H25N3O4S/c1-12(2,3)14-10(16)8-15(4)11(17)9(13)6-7-20(5,18)19/h9H,6-8,13H2,1-5H3,(H,14,16). The normalized spacial score (nSPS) is 13.7. The third-order valence-electron chi connectivity index (χ3n) is 2.39. The van der Waals surface area contributed by atoms with E-state index < -0.39 is 21.8 Å². The SMILES string of the molecule is CN(CC(=O)NC(C)(C)C)C(=O)C(N)CCS(C)(=O)=O. The minimum atomic E-state index is -3.16. The van der Waals surface area contributed by atoms with Crippen LogP contribution >= 0.6 is 0 Å². The minimum absolute atomic E-state index is 0.0445. The molecule has 7 nitrogen and oxygen atoms in total. The molecule has 0 aromatic heterocycles. The number of carbonyl (C=O) groups excluding carboxylic acids is 2. The smallest absolute Gasteiger partial charge is 0.240 e. The van der Waals surface area contributed by atoms with Gasteiger partial charge in [-0.05, 0) is 27.2 Å². The first kappa shape index (κ1) is 18.9. The molecule has 0 bridgehead atoms. The molecule has 0 aliphatic rings. The van der Waals surface area contributed by atoms with Gasteiger partial charge in [-0.25, -0.2) is 8.42 Å². The molecule has 0 saturated carbocycles. The molecule has 0 aromatic rings. The topological polar surface area (TPSA) is 110 Å². The molecule has 0 aliphatic heterocycles. The molecule has 1 unspecified atom stereocenters. The summed E-state index contributed by atoms with van der Waals surface area (Å²) < 4.78 is 22.0. The Morgan fingerprint density at radius 1 is 1.30 bits per heavy atom. The Morgan fingerprint density at radius 2 is 1.80 bits per heavy atom. The molecule has 0 aromatic carbocycles. The van der Waals surface area contributed by atoms with Gasteiger partial charge in [-0.1, -0.05) is 0 Å². The fraction of sp³-hybridized carbons (Fsp3) is 0.833. The second-order valence-corrected chi connectivity index (χ2v) is 8.28. The van der Waals surface area contributed by atoms with Gasteiger partial charge in [0.05, 0.1) is 18.3 Å². The zero-order chi connectivity index (χ0) is 16.1. The van der Waals surface area contributed by atoms with Gasteiger partial charge in [-0.3, -0.25) is 9.59 Å². The van der Waals surface area contributed by atoms with Crippen molar-refractivity contribution in [2.24, 2.45) is 5.73 Å². The largest absolute Gasteiger partial charge is 0.350 e. The van der Waals surface area contributed by atoms with Crippen LogP contribution in [0.5, 0.6) is 0 Å². The van der Waals surface area contributed by atoms with Crippen LogP contribution in [0.4, 0.5) is 0 Å². The van der Waals surface area contributed by atoms with E-state index in [0.717, 1.165) is 6.26 Å². The van der Waals surface area contributed by atoms with Gasteiger partial charge in [0.2, 0.25) is 11.8 Å². The van der Waals surface area contributed by atoms with Crippen molar-refractivity contribution in [1.82, 2.24) is 10.2 Å². The molecule has 0 fully saturated rings. The molecule has 8 heteroatoms. The Kier molecular flexibility index (Phi) is 6.63. The maximum absolute atomic E-state index is 11.9. The summed E-state index contributed by atoms with van der Waals surface area (Å²) in [4.78, 5) is 24.8. The van der Waals surface area contributed by atoms with E-state index in [9.17, 15) is 18.0 Å². The van der Waals surface area contributed by atoms with E-state index in [-0.39, 0.29) is 30.2 Å². The molecule has 0 rings (SSSR count). The Balaban J connectivity index is 4.37.